The Morgan fingerprint density at radius 1 is 0.821 bits per heavy atom. The molecule has 8 rings (SSSR count). The van der Waals surface area contributed by atoms with Crippen molar-refractivity contribution in [3.8, 4) is 23.1 Å². The largest absolute Gasteiger partial charge is 0.454 e. The van der Waals surface area contributed by atoms with Crippen LogP contribution in [0.25, 0.3) is 10.9 Å². The first kappa shape index (κ1) is 36.3. The molecular formula is C40H31F3N4O9. The number of pyridine rings is 1. The molecule has 0 bridgehead atoms. The van der Waals surface area contributed by atoms with Crippen molar-refractivity contribution in [2.75, 3.05) is 33.0 Å². The van der Waals surface area contributed by atoms with Crippen molar-refractivity contribution in [2.24, 2.45) is 0 Å². The lowest BCUT2D eigenvalue weighted by molar-refractivity contribution is -0.205. The molecule has 13 nitrogen and oxygen atoms in total. The summed E-state index contributed by atoms with van der Waals surface area (Å²) in [6.07, 6.45) is -0.209. The van der Waals surface area contributed by atoms with E-state index in [1.54, 1.807) is 12.1 Å². The molecule has 16 heteroatoms. The number of ether oxygens (including phenoxy) is 5. The van der Waals surface area contributed by atoms with Gasteiger partial charge >= 0.3 is 23.9 Å². The van der Waals surface area contributed by atoms with Crippen molar-refractivity contribution in [3.63, 3.8) is 0 Å². The van der Waals surface area contributed by atoms with E-state index >= 15 is 0 Å². The van der Waals surface area contributed by atoms with Crippen LogP contribution in [0, 0.1) is 0 Å². The molecule has 0 aliphatic carbocycles. The van der Waals surface area contributed by atoms with Crippen molar-refractivity contribution in [1.29, 1.82) is 0 Å². The summed E-state index contributed by atoms with van der Waals surface area (Å²) in [5.41, 5.74) is 0.411. The Balaban J connectivity index is 0.920. The van der Waals surface area contributed by atoms with Crippen molar-refractivity contribution >= 4 is 34.5 Å². The number of cyclic esters (lactones) is 2. The second kappa shape index (κ2) is 14.5. The summed E-state index contributed by atoms with van der Waals surface area (Å²) < 4.78 is 68.8. The van der Waals surface area contributed by atoms with E-state index < -0.39 is 35.2 Å². The Hall–Kier alpha value is -6.68. The molecule has 5 aromatic rings. The molecule has 3 aliphatic heterocycles. The molecule has 3 aliphatic rings. The normalized spacial score (nSPS) is 16.7. The van der Waals surface area contributed by atoms with E-state index in [1.807, 2.05) is 46.0 Å². The second-order valence-corrected chi connectivity index (χ2v) is 13.2. The number of ketones is 1. The van der Waals surface area contributed by atoms with Crippen molar-refractivity contribution in [3.05, 3.63) is 126 Å². The van der Waals surface area contributed by atoms with Crippen LogP contribution in [0.1, 0.15) is 27.0 Å². The maximum Gasteiger partial charge on any atom is 0.416 e. The summed E-state index contributed by atoms with van der Waals surface area (Å²) in [6.45, 7) is 3.84. The van der Waals surface area contributed by atoms with Gasteiger partial charge in [-0.2, -0.15) is 13.2 Å². The van der Waals surface area contributed by atoms with Crippen LogP contribution in [0.2, 0.25) is 0 Å². The number of nitrogens with zero attached hydrogens (tertiary/aromatic N) is 4. The Morgan fingerprint density at radius 3 is 2.25 bits per heavy atom. The van der Waals surface area contributed by atoms with E-state index in [0.717, 1.165) is 78.1 Å². The van der Waals surface area contributed by atoms with Gasteiger partial charge in [0, 0.05) is 79.8 Å². The van der Waals surface area contributed by atoms with Gasteiger partial charge in [0.25, 0.3) is 5.78 Å². The van der Waals surface area contributed by atoms with Gasteiger partial charge < -0.3 is 33.2 Å². The van der Waals surface area contributed by atoms with Gasteiger partial charge in [0.2, 0.25) is 18.6 Å². The van der Waals surface area contributed by atoms with Crippen LogP contribution >= 0.6 is 0 Å². The maximum atomic E-state index is 13.7. The summed E-state index contributed by atoms with van der Waals surface area (Å²) in [7, 11) is 0. The Morgan fingerprint density at radius 2 is 1.55 bits per heavy atom. The number of esters is 2. The van der Waals surface area contributed by atoms with E-state index in [9.17, 15) is 32.3 Å². The third kappa shape index (κ3) is 7.38. The summed E-state index contributed by atoms with van der Waals surface area (Å²) in [6, 6.07) is 18.8. The maximum absolute atomic E-state index is 13.7. The lowest BCUT2D eigenvalue weighted by Gasteiger charge is -2.35. The fraction of sp³-hybridized carbons (Fsp3) is 0.225. The topological polar surface area (TPSA) is 139 Å². The molecule has 1 amide bonds. The molecular weight excluding hydrogens is 737 g/mol. The molecule has 1 saturated heterocycles. The first-order chi connectivity index (χ1) is 26.9. The number of hydrogen-bond donors (Lipinski definition) is 0. The molecule has 3 aromatic carbocycles. The summed E-state index contributed by atoms with van der Waals surface area (Å²) >= 11 is 0. The number of alkyl halides is 3. The summed E-state index contributed by atoms with van der Waals surface area (Å²) in [5.74, 6) is -4.05. The first-order valence-corrected chi connectivity index (χ1v) is 17.4. The van der Waals surface area contributed by atoms with Gasteiger partial charge in [-0.3, -0.25) is 14.5 Å². The van der Waals surface area contributed by atoms with Crippen molar-refractivity contribution in [2.45, 2.75) is 25.1 Å². The predicted molar refractivity (Wildman–Crippen MR) is 189 cm³/mol. The summed E-state index contributed by atoms with van der Waals surface area (Å²) in [4.78, 5) is 60.4. The number of aromatic nitrogens is 2. The molecule has 286 valence electrons. The molecule has 56 heavy (non-hydrogen) atoms. The number of halogens is 3. The van der Waals surface area contributed by atoms with Gasteiger partial charge in [0.05, 0.1) is 11.1 Å². The Bertz CT molecular complexity index is 2350. The average molecular weight is 769 g/mol. The van der Waals surface area contributed by atoms with Crippen molar-refractivity contribution < 1.29 is 56.0 Å². The number of amides is 1. The molecule has 0 atom stereocenters. The first-order valence-electron chi connectivity index (χ1n) is 17.4. The minimum Gasteiger partial charge on any atom is -0.454 e. The van der Waals surface area contributed by atoms with Crippen LogP contribution in [-0.4, -0.2) is 76.0 Å². The van der Waals surface area contributed by atoms with Gasteiger partial charge in [-0.15, -0.1) is 0 Å². The number of carbonyl (C=O) groups is 4. The third-order valence-electron chi connectivity index (χ3n) is 9.57. The Labute approximate surface area is 316 Å². The third-order valence-corrected chi connectivity index (χ3v) is 9.57. The zero-order valence-corrected chi connectivity index (χ0v) is 29.4. The number of piperazine rings is 1. The highest BCUT2D eigenvalue weighted by molar-refractivity contribution is 6.06. The molecule has 0 N–H and O–H groups in total. The van der Waals surface area contributed by atoms with Crippen LogP contribution < -0.4 is 14.2 Å². The van der Waals surface area contributed by atoms with Crippen molar-refractivity contribution in [1.82, 2.24) is 19.4 Å². The second-order valence-electron chi connectivity index (χ2n) is 13.2. The zero-order valence-electron chi connectivity index (χ0n) is 29.4. The number of rotatable bonds is 9. The fourth-order valence-corrected chi connectivity index (χ4v) is 6.68. The zero-order chi connectivity index (χ0) is 39.0. The number of hydrogen-bond acceptors (Lipinski definition) is 11. The molecule has 5 heterocycles. The van der Waals surface area contributed by atoms with E-state index in [0.29, 0.717) is 31.0 Å². The van der Waals surface area contributed by atoms with Crippen LogP contribution in [-0.2, 0) is 48.9 Å². The smallest absolute Gasteiger partial charge is 0.416 e. The van der Waals surface area contributed by atoms with Gasteiger partial charge in [-0.25, -0.2) is 14.6 Å². The van der Waals surface area contributed by atoms with E-state index in [4.69, 9.17) is 23.7 Å². The number of fused-ring (bicyclic) bond motifs is 2. The molecule has 1 fully saturated rings. The fourth-order valence-electron chi connectivity index (χ4n) is 6.68. The molecule has 0 unspecified atom stereocenters. The highest BCUT2D eigenvalue weighted by Gasteiger charge is 2.50. The quantitative estimate of drug-likeness (QED) is 0.137. The molecule has 0 spiro atoms. The van der Waals surface area contributed by atoms with E-state index in [2.05, 4.69) is 9.88 Å². The predicted octanol–water partition coefficient (Wildman–Crippen LogP) is 5.61. The van der Waals surface area contributed by atoms with Crippen LogP contribution in [0.15, 0.2) is 103 Å². The highest BCUT2D eigenvalue weighted by atomic mass is 19.4. The average Bonchev–Trinajstić information content (AvgIpc) is 3.79. The number of benzene rings is 3. The van der Waals surface area contributed by atoms with E-state index in [-0.39, 0.29) is 36.3 Å². The minimum absolute atomic E-state index is 0.00484. The summed E-state index contributed by atoms with van der Waals surface area (Å²) in [5, 5.41) is 0.798. The molecule has 2 aromatic heterocycles. The molecule has 0 saturated carbocycles. The monoisotopic (exact) mass is 768 g/mol. The minimum atomic E-state index is -4.66. The van der Waals surface area contributed by atoms with Gasteiger partial charge in [0.15, 0.2) is 11.5 Å². The van der Waals surface area contributed by atoms with Gasteiger partial charge in [-0.1, -0.05) is 18.2 Å². The lowest BCUT2D eigenvalue weighted by atomic mass is 9.96. The van der Waals surface area contributed by atoms with Crippen LogP contribution in [0.5, 0.6) is 23.1 Å². The molecule has 0 radical (unpaired) electrons. The van der Waals surface area contributed by atoms with E-state index in [1.165, 1.54) is 12.1 Å². The Kier molecular flexibility index (Phi) is 9.41. The van der Waals surface area contributed by atoms with Crippen LogP contribution in [0.4, 0.5) is 13.2 Å². The lowest BCUT2D eigenvalue weighted by Crippen LogP contribution is -2.49. The standard InChI is InChI=1S/C40H31F3N4O9/c41-40(42,43)28-4-2-26(3-5-28)38(51)39(55-36(49)11-12-37(50)56-39)29-6-10-34(44-21-29)54-30-7-8-31-27(20-30)13-14-47(31)23-35(48)46-17-15-45(16-18-46)22-25-1-9-32-33(19-25)53-24-52-32/h1-14,19-21H,15-18,22-24H2. The highest BCUT2D eigenvalue weighted by Crippen LogP contribution is 2.37. The van der Waals surface area contributed by atoms with Crippen LogP contribution in [0.3, 0.4) is 0 Å². The number of Topliss-reactive ketones (excluding diaryl/α,β-unsaturated/α-hetero) is 1. The van der Waals surface area contributed by atoms with Gasteiger partial charge in [0.1, 0.15) is 12.3 Å². The number of carbonyl (C=O) groups excluding carboxylic acids is 4. The van der Waals surface area contributed by atoms with Gasteiger partial charge in [-0.05, 0) is 60.2 Å². The SMILES string of the molecule is O=C1C=CC(=O)OC(C(=O)c2ccc(C(F)(F)F)cc2)(c2ccc(Oc3ccc4c(ccn4CC(=O)N4CCN(Cc5ccc6c(c5)OCO6)CC4)c3)nc2)O1.